The maximum Gasteiger partial charge on any atom is 0.239 e. The first kappa shape index (κ1) is 15.7. The molecule has 0 aliphatic heterocycles. The summed E-state index contributed by atoms with van der Waals surface area (Å²) in [6, 6.07) is 5.48. The number of halogens is 1. The van der Waals surface area contributed by atoms with Crippen LogP contribution < -0.4 is 10.5 Å². The minimum Gasteiger partial charge on any atom is -0.324 e. The zero-order valence-corrected chi connectivity index (χ0v) is 12.1. The van der Waals surface area contributed by atoms with Crippen LogP contribution in [0.25, 0.3) is 0 Å². The summed E-state index contributed by atoms with van der Waals surface area (Å²) >= 11 is 0. The van der Waals surface area contributed by atoms with Gasteiger partial charge in [-0.2, -0.15) is 0 Å². The van der Waals surface area contributed by atoms with Crippen molar-refractivity contribution in [3.05, 3.63) is 47.8 Å². The van der Waals surface area contributed by atoms with Gasteiger partial charge < -0.3 is 5.73 Å². The van der Waals surface area contributed by atoms with E-state index < -0.39 is 27.5 Å². The minimum atomic E-state index is -3.91. The Kier molecular flexibility index (Phi) is 4.74. The third-order valence-electron chi connectivity index (χ3n) is 3.23. The quantitative estimate of drug-likeness (QED) is 0.796. The number of amides is 1. The van der Waals surface area contributed by atoms with Crippen molar-refractivity contribution in [2.75, 3.05) is 0 Å². The topological polar surface area (TPSA) is 89.3 Å². The van der Waals surface area contributed by atoms with Gasteiger partial charge in [0.15, 0.2) is 0 Å². The standard InChI is InChI=1S/C14H17FN2O3S/c15-13-4-2-1-3-11(13)9-21(19,20)17-14(18)8-10-5-6-12(16)7-10/h1-6,10,12H,7-9,16H2,(H,17,18)/t10-,12+/m0/s1. The van der Waals surface area contributed by atoms with E-state index in [4.69, 9.17) is 5.73 Å². The van der Waals surface area contributed by atoms with E-state index in [-0.39, 0.29) is 23.9 Å². The van der Waals surface area contributed by atoms with E-state index in [1.54, 1.807) is 12.1 Å². The van der Waals surface area contributed by atoms with Gasteiger partial charge in [-0.1, -0.05) is 30.4 Å². The third kappa shape index (κ3) is 4.64. The van der Waals surface area contributed by atoms with Crippen molar-refractivity contribution in [3.63, 3.8) is 0 Å². The van der Waals surface area contributed by atoms with Gasteiger partial charge in [0, 0.05) is 18.0 Å². The molecule has 21 heavy (non-hydrogen) atoms. The Morgan fingerprint density at radius 1 is 1.33 bits per heavy atom. The molecule has 1 aliphatic carbocycles. The number of hydrogen-bond acceptors (Lipinski definition) is 4. The highest BCUT2D eigenvalue weighted by molar-refractivity contribution is 7.89. The molecule has 0 saturated carbocycles. The van der Waals surface area contributed by atoms with Gasteiger partial charge in [0.25, 0.3) is 0 Å². The molecule has 3 N–H and O–H groups in total. The number of nitrogens with two attached hydrogens (primary N) is 1. The number of sulfonamides is 1. The predicted molar refractivity (Wildman–Crippen MR) is 77.0 cm³/mol. The predicted octanol–water partition coefficient (Wildman–Crippen LogP) is 1.07. The van der Waals surface area contributed by atoms with Crippen LogP contribution in [0.15, 0.2) is 36.4 Å². The Labute approximate surface area is 123 Å². The molecule has 0 saturated heterocycles. The molecule has 1 aromatic carbocycles. The van der Waals surface area contributed by atoms with Gasteiger partial charge in [-0.3, -0.25) is 9.52 Å². The maximum atomic E-state index is 13.4. The van der Waals surface area contributed by atoms with Crippen LogP contribution in [0.3, 0.4) is 0 Å². The molecular weight excluding hydrogens is 295 g/mol. The van der Waals surface area contributed by atoms with E-state index in [0.717, 1.165) is 0 Å². The third-order valence-corrected chi connectivity index (χ3v) is 4.46. The lowest BCUT2D eigenvalue weighted by atomic mass is 10.0. The van der Waals surface area contributed by atoms with Gasteiger partial charge >= 0.3 is 0 Å². The molecule has 5 nitrogen and oxygen atoms in total. The molecule has 0 aromatic heterocycles. The number of allylic oxidation sites excluding steroid dienone is 1. The molecule has 0 fully saturated rings. The second kappa shape index (κ2) is 6.36. The van der Waals surface area contributed by atoms with Crippen molar-refractivity contribution < 1.29 is 17.6 Å². The monoisotopic (exact) mass is 312 g/mol. The normalized spacial score (nSPS) is 21.4. The fourth-order valence-electron chi connectivity index (χ4n) is 2.27. The maximum absolute atomic E-state index is 13.4. The fraction of sp³-hybridized carbons (Fsp3) is 0.357. The van der Waals surface area contributed by atoms with Gasteiger partial charge in [-0.05, 0) is 18.4 Å². The average molecular weight is 312 g/mol. The van der Waals surface area contributed by atoms with E-state index in [0.29, 0.717) is 6.42 Å². The first-order chi connectivity index (χ1) is 9.85. The van der Waals surface area contributed by atoms with Gasteiger partial charge in [0.2, 0.25) is 15.9 Å². The van der Waals surface area contributed by atoms with Gasteiger partial charge in [0.05, 0.1) is 5.75 Å². The molecule has 0 unspecified atom stereocenters. The Balaban J connectivity index is 1.93. The summed E-state index contributed by atoms with van der Waals surface area (Å²) in [5, 5.41) is 0. The van der Waals surface area contributed by atoms with Crippen LogP contribution in [0.1, 0.15) is 18.4 Å². The van der Waals surface area contributed by atoms with Crippen LogP contribution in [-0.2, 0) is 20.6 Å². The number of benzene rings is 1. The first-order valence-electron chi connectivity index (χ1n) is 6.56. The zero-order chi connectivity index (χ0) is 15.5. The number of carbonyl (C=O) groups excluding carboxylic acids is 1. The molecule has 0 radical (unpaired) electrons. The Bertz CT molecular complexity index is 658. The highest BCUT2D eigenvalue weighted by Crippen LogP contribution is 2.20. The fourth-order valence-corrected chi connectivity index (χ4v) is 3.41. The van der Waals surface area contributed by atoms with Crippen LogP contribution >= 0.6 is 0 Å². The number of rotatable bonds is 5. The second-order valence-corrected chi connectivity index (χ2v) is 6.85. The number of hydrogen-bond donors (Lipinski definition) is 2. The van der Waals surface area contributed by atoms with Crippen molar-refractivity contribution >= 4 is 15.9 Å². The summed E-state index contributed by atoms with van der Waals surface area (Å²) in [5.74, 6) is -1.83. The smallest absolute Gasteiger partial charge is 0.239 e. The van der Waals surface area contributed by atoms with E-state index in [1.165, 1.54) is 18.2 Å². The van der Waals surface area contributed by atoms with E-state index in [2.05, 4.69) is 0 Å². The Morgan fingerprint density at radius 2 is 2.05 bits per heavy atom. The van der Waals surface area contributed by atoms with Crippen LogP contribution in [0.4, 0.5) is 4.39 Å². The Morgan fingerprint density at radius 3 is 2.67 bits per heavy atom. The van der Waals surface area contributed by atoms with Crippen molar-refractivity contribution in [2.45, 2.75) is 24.6 Å². The van der Waals surface area contributed by atoms with Gasteiger partial charge in [-0.25, -0.2) is 12.8 Å². The van der Waals surface area contributed by atoms with E-state index in [9.17, 15) is 17.6 Å². The average Bonchev–Trinajstić information content (AvgIpc) is 2.76. The summed E-state index contributed by atoms with van der Waals surface area (Å²) in [6.45, 7) is 0. The molecule has 0 heterocycles. The number of carbonyl (C=O) groups is 1. The van der Waals surface area contributed by atoms with E-state index in [1.807, 2.05) is 10.8 Å². The molecule has 7 heteroatoms. The molecule has 2 rings (SSSR count). The van der Waals surface area contributed by atoms with E-state index >= 15 is 0 Å². The van der Waals surface area contributed by atoms with Gasteiger partial charge in [-0.15, -0.1) is 0 Å². The van der Waals surface area contributed by atoms with Crippen molar-refractivity contribution in [1.29, 1.82) is 0 Å². The highest BCUT2D eigenvalue weighted by atomic mass is 32.2. The van der Waals surface area contributed by atoms with Crippen molar-refractivity contribution in [1.82, 2.24) is 4.72 Å². The number of nitrogens with one attached hydrogen (secondary N) is 1. The lowest BCUT2D eigenvalue weighted by Gasteiger charge is -2.10. The van der Waals surface area contributed by atoms with Crippen LogP contribution in [0.2, 0.25) is 0 Å². The summed E-state index contributed by atoms with van der Waals surface area (Å²) in [6.07, 6.45) is 4.29. The summed E-state index contributed by atoms with van der Waals surface area (Å²) in [5.41, 5.74) is 5.70. The molecule has 0 bridgehead atoms. The SMILES string of the molecule is N[C@@H]1C=C[C@H](CC(=O)NS(=O)(=O)Cc2ccccc2F)C1. The van der Waals surface area contributed by atoms with Crippen molar-refractivity contribution in [3.8, 4) is 0 Å². The zero-order valence-electron chi connectivity index (χ0n) is 11.3. The second-order valence-electron chi connectivity index (χ2n) is 5.12. The van der Waals surface area contributed by atoms with Gasteiger partial charge in [0.1, 0.15) is 5.82 Å². The minimum absolute atomic E-state index is 0.0283. The van der Waals surface area contributed by atoms with Crippen LogP contribution in [0.5, 0.6) is 0 Å². The lowest BCUT2D eigenvalue weighted by molar-refractivity contribution is -0.119. The molecule has 1 aliphatic rings. The summed E-state index contributed by atoms with van der Waals surface area (Å²) in [4.78, 5) is 11.7. The summed E-state index contributed by atoms with van der Waals surface area (Å²) in [7, 11) is -3.91. The molecule has 1 amide bonds. The first-order valence-corrected chi connectivity index (χ1v) is 8.21. The summed E-state index contributed by atoms with van der Waals surface area (Å²) < 4.78 is 39.1. The Hall–Kier alpha value is -1.73. The largest absolute Gasteiger partial charge is 0.324 e. The molecular formula is C14H17FN2O3S. The molecule has 1 aromatic rings. The van der Waals surface area contributed by atoms with Crippen molar-refractivity contribution in [2.24, 2.45) is 11.7 Å². The molecule has 0 spiro atoms. The molecule has 114 valence electrons. The highest BCUT2D eigenvalue weighted by Gasteiger charge is 2.22. The molecule has 2 atom stereocenters. The van der Waals surface area contributed by atoms with Crippen LogP contribution in [0, 0.1) is 11.7 Å². The van der Waals surface area contributed by atoms with Crippen LogP contribution in [-0.4, -0.2) is 20.4 Å². The lowest BCUT2D eigenvalue weighted by Crippen LogP contribution is -2.33.